The SMILES string of the molecule is COc1ccc(-c2ccc([C@H]3[C@H]4C=C[C@@H](CC4)N3C)cc2)cc1. The van der Waals surface area contributed by atoms with Crippen LogP contribution in [0, 0.1) is 5.92 Å². The molecule has 2 aliphatic heterocycles. The first-order valence-electron chi connectivity index (χ1n) is 8.41. The zero-order chi connectivity index (χ0) is 15.8. The van der Waals surface area contributed by atoms with Crippen molar-refractivity contribution >= 4 is 0 Å². The van der Waals surface area contributed by atoms with Crippen molar-refractivity contribution < 1.29 is 4.74 Å². The number of likely N-dealkylation sites (N-methyl/N-ethyl adjacent to an activating group) is 1. The molecular weight excluding hydrogens is 282 g/mol. The van der Waals surface area contributed by atoms with Crippen LogP contribution in [-0.2, 0) is 0 Å². The number of benzene rings is 2. The van der Waals surface area contributed by atoms with Crippen LogP contribution in [0.3, 0.4) is 0 Å². The second-order valence-corrected chi connectivity index (χ2v) is 6.65. The van der Waals surface area contributed by atoms with Crippen LogP contribution >= 0.6 is 0 Å². The molecule has 0 N–H and O–H groups in total. The number of fused-ring (bicyclic) bond motifs is 2. The Morgan fingerprint density at radius 2 is 1.52 bits per heavy atom. The number of rotatable bonds is 3. The number of piperidine rings is 1. The summed E-state index contributed by atoms with van der Waals surface area (Å²) in [6.45, 7) is 0. The van der Waals surface area contributed by atoms with E-state index >= 15 is 0 Å². The maximum absolute atomic E-state index is 5.23. The Bertz CT molecular complexity index is 702. The molecule has 3 atom stereocenters. The van der Waals surface area contributed by atoms with Gasteiger partial charge in [0.05, 0.1) is 7.11 Å². The summed E-state index contributed by atoms with van der Waals surface area (Å²) in [7, 11) is 3.97. The fourth-order valence-corrected chi connectivity index (χ4v) is 4.08. The van der Waals surface area contributed by atoms with E-state index in [-0.39, 0.29) is 0 Å². The second-order valence-electron chi connectivity index (χ2n) is 6.65. The van der Waals surface area contributed by atoms with Crippen LogP contribution in [-0.4, -0.2) is 25.1 Å². The van der Waals surface area contributed by atoms with Gasteiger partial charge >= 0.3 is 0 Å². The molecule has 0 spiro atoms. The van der Waals surface area contributed by atoms with Crippen molar-refractivity contribution in [1.82, 2.24) is 4.90 Å². The first-order valence-corrected chi connectivity index (χ1v) is 8.41. The van der Waals surface area contributed by atoms with Gasteiger partial charge in [0.15, 0.2) is 0 Å². The van der Waals surface area contributed by atoms with Crippen LogP contribution < -0.4 is 4.74 Å². The Balaban J connectivity index is 1.59. The average Bonchev–Trinajstić information content (AvgIpc) is 2.63. The number of hydrogen-bond donors (Lipinski definition) is 0. The van der Waals surface area contributed by atoms with Gasteiger partial charge in [-0.2, -0.15) is 0 Å². The lowest BCUT2D eigenvalue weighted by Gasteiger charge is -2.46. The summed E-state index contributed by atoms with van der Waals surface area (Å²) in [5.41, 5.74) is 3.93. The fraction of sp³-hybridized carbons (Fsp3) is 0.333. The summed E-state index contributed by atoms with van der Waals surface area (Å²) in [6.07, 6.45) is 7.43. The molecule has 5 rings (SSSR count). The van der Waals surface area contributed by atoms with Crippen LogP contribution in [0.25, 0.3) is 11.1 Å². The molecule has 0 unspecified atom stereocenters. The molecule has 118 valence electrons. The molecule has 0 amide bonds. The molecule has 23 heavy (non-hydrogen) atoms. The van der Waals surface area contributed by atoms with Gasteiger partial charge in [-0.1, -0.05) is 48.6 Å². The van der Waals surface area contributed by atoms with Crippen molar-refractivity contribution in [1.29, 1.82) is 0 Å². The van der Waals surface area contributed by atoms with Crippen molar-refractivity contribution in [2.75, 3.05) is 14.2 Å². The minimum absolute atomic E-state index is 0.531. The van der Waals surface area contributed by atoms with E-state index in [1.54, 1.807) is 7.11 Å². The maximum Gasteiger partial charge on any atom is 0.118 e. The highest BCUT2D eigenvalue weighted by Crippen LogP contribution is 2.42. The molecule has 2 nitrogen and oxygen atoms in total. The van der Waals surface area contributed by atoms with Crippen LogP contribution in [0.2, 0.25) is 0 Å². The van der Waals surface area contributed by atoms with E-state index in [1.165, 1.54) is 29.5 Å². The molecule has 2 aromatic carbocycles. The summed E-state index contributed by atoms with van der Waals surface area (Å²) in [4.78, 5) is 2.54. The Morgan fingerprint density at radius 3 is 2.04 bits per heavy atom. The second kappa shape index (κ2) is 5.86. The van der Waals surface area contributed by atoms with E-state index in [2.05, 4.69) is 60.5 Å². The van der Waals surface area contributed by atoms with E-state index < -0.39 is 0 Å². The van der Waals surface area contributed by atoms with Crippen LogP contribution in [0.4, 0.5) is 0 Å². The standard InChI is InChI=1S/C21H23NO/c1-22-19-11-7-18(8-12-19)21(22)17-5-3-15(4-6-17)16-9-13-20(23-2)14-10-16/h3-7,9-11,13-14,18-19,21H,8,12H2,1-2H3/t18-,19-,21-/m0/s1. The molecule has 3 aliphatic rings. The van der Waals surface area contributed by atoms with Gasteiger partial charge in [0, 0.05) is 12.1 Å². The monoisotopic (exact) mass is 305 g/mol. The number of nitrogens with zero attached hydrogens (tertiary/aromatic N) is 1. The molecule has 2 bridgehead atoms. The minimum Gasteiger partial charge on any atom is -0.497 e. The lowest BCUT2D eigenvalue weighted by Crippen LogP contribution is -2.44. The average molecular weight is 305 g/mol. The van der Waals surface area contributed by atoms with Crippen molar-refractivity contribution in [3.63, 3.8) is 0 Å². The molecule has 1 aliphatic carbocycles. The molecular formula is C21H23NO. The summed E-state index contributed by atoms with van der Waals surface area (Å²) in [5.74, 6) is 1.56. The van der Waals surface area contributed by atoms with Crippen molar-refractivity contribution in [2.45, 2.75) is 24.9 Å². The number of methoxy groups -OCH3 is 1. The Labute approximate surface area is 138 Å². The van der Waals surface area contributed by atoms with Gasteiger partial charge in [-0.15, -0.1) is 0 Å². The Kier molecular flexibility index (Phi) is 3.70. The smallest absolute Gasteiger partial charge is 0.118 e. The van der Waals surface area contributed by atoms with E-state index in [0.29, 0.717) is 18.0 Å². The summed E-state index contributed by atoms with van der Waals surface area (Å²) < 4.78 is 5.23. The highest BCUT2D eigenvalue weighted by molar-refractivity contribution is 5.64. The molecule has 0 radical (unpaired) electrons. The number of ether oxygens (including phenoxy) is 1. The molecule has 0 aromatic heterocycles. The summed E-state index contributed by atoms with van der Waals surface area (Å²) in [5, 5.41) is 0. The van der Waals surface area contributed by atoms with E-state index in [0.717, 1.165) is 5.75 Å². The van der Waals surface area contributed by atoms with Crippen molar-refractivity contribution in [3.8, 4) is 16.9 Å². The lowest BCUT2D eigenvalue weighted by molar-refractivity contribution is 0.0926. The van der Waals surface area contributed by atoms with Crippen LogP contribution in [0.5, 0.6) is 5.75 Å². The fourth-order valence-electron chi connectivity index (χ4n) is 4.08. The largest absolute Gasteiger partial charge is 0.497 e. The highest BCUT2D eigenvalue weighted by Gasteiger charge is 2.36. The number of hydrogen-bond acceptors (Lipinski definition) is 2. The van der Waals surface area contributed by atoms with Crippen molar-refractivity contribution in [3.05, 3.63) is 66.2 Å². The first-order chi connectivity index (χ1) is 11.3. The molecule has 2 heterocycles. The third-order valence-electron chi connectivity index (χ3n) is 5.42. The zero-order valence-electron chi connectivity index (χ0n) is 13.8. The molecule has 2 heteroatoms. The van der Waals surface area contributed by atoms with Crippen LogP contribution in [0.1, 0.15) is 24.4 Å². The molecule has 2 aromatic rings. The minimum atomic E-state index is 0.531. The zero-order valence-corrected chi connectivity index (χ0v) is 13.8. The topological polar surface area (TPSA) is 12.5 Å². The van der Waals surface area contributed by atoms with Gasteiger partial charge < -0.3 is 4.74 Å². The molecule has 1 fully saturated rings. The van der Waals surface area contributed by atoms with Gasteiger partial charge in [-0.3, -0.25) is 4.90 Å². The Morgan fingerprint density at radius 1 is 0.870 bits per heavy atom. The quantitative estimate of drug-likeness (QED) is 0.763. The maximum atomic E-state index is 5.23. The van der Waals surface area contributed by atoms with Gasteiger partial charge in [-0.05, 0) is 54.6 Å². The predicted molar refractivity (Wildman–Crippen MR) is 94.6 cm³/mol. The summed E-state index contributed by atoms with van der Waals surface area (Å²) in [6, 6.07) is 18.5. The van der Waals surface area contributed by atoms with Crippen molar-refractivity contribution in [2.24, 2.45) is 5.92 Å². The van der Waals surface area contributed by atoms with Gasteiger partial charge in [-0.25, -0.2) is 0 Å². The third kappa shape index (κ3) is 2.57. The lowest BCUT2D eigenvalue weighted by atomic mass is 9.77. The van der Waals surface area contributed by atoms with E-state index in [4.69, 9.17) is 4.74 Å². The molecule has 1 saturated heterocycles. The predicted octanol–water partition coefficient (Wildman–Crippen LogP) is 4.68. The molecule has 0 saturated carbocycles. The normalized spacial score (nSPS) is 26.4. The summed E-state index contributed by atoms with van der Waals surface area (Å²) >= 11 is 0. The van der Waals surface area contributed by atoms with E-state index in [9.17, 15) is 0 Å². The first kappa shape index (κ1) is 14.5. The third-order valence-corrected chi connectivity index (χ3v) is 5.42. The Hall–Kier alpha value is -2.06. The van der Waals surface area contributed by atoms with Crippen LogP contribution in [0.15, 0.2) is 60.7 Å². The van der Waals surface area contributed by atoms with Gasteiger partial charge in [0.2, 0.25) is 0 Å². The highest BCUT2D eigenvalue weighted by atomic mass is 16.5. The van der Waals surface area contributed by atoms with E-state index in [1.807, 2.05) is 12.1 Å². The van der Waals surface area contributed by atoms with Gasteiger partial charge in [0.1, 0.15) is 5.75 Å². The van der Waals surface area contributed by atoms with Gasteiger partial charge in [0.25, 0.3) is 0 Å².